The molecule has 0 radical (unpaired) electrons. The molecular weight excluding hydrogens is 410 g/mol. The highest BCUT2D eigenvalue weighted by atomic mass is 35.5. The molecule has 0 bridgehead atoms. The number of morpholine rings is 1. The molecule has 1 fully saturated rings. The molecule has 0 atom stereocenters. The molecule has 0 amide bonds. The summed E-state index contributed by atoms with van der Waals surface area (Å²) in [6, 6.07) is 11.5. The molecule has 1 saturated heterocycles. The Bertz CT molecular complexity index is 1220. The molecule has 1 aliphatic heterocycles. The molecular formula is C20H18ClN5O4. The first kappa shape index (κ1) is 18.7. The fraction of sp³-hybridized carbons (Fsp3) is 0.250. The number of rotatable bonds is 5. The van der Waals surface area contributed by atoms with Crippen molar-refractivity contribution < 1.29 is 14.0 Å². The number of hydrogen-bond donors (Lipinski definition) is 2. The lowest BCUT2D eigenvalue weighted by atomic mass is 10.1. The van der Waals surface area contributed by atoms with Crippen molar-refractivity contribution in [2.75, 3.05) is 31.2 Å². The van der Waals surface area contributed by atoms with Crippen LogP contribution < -0.4 is 15.2 Å². The molecule has 0 spiro atoms. The van der Waals surface area contributed by atoms with Crippen molar-refractivity contribution in [3.63, 3.8) is 0 Å². The topological polar surface area (TPSA) is 109 Å². The molecule has 5 rings (SSSR count). The number of nitrogens with zero attached hydrogens (tertiary/aromatic N) is 3. The molecule has 9 nitrogen and oxygen atoms in total. The van der Waals surface area contributed by atoms with Crippen molar-refractivity contribution in [1.29, 1.82) is 0 Å². The number of benzene rings is 1. The molecule has 10 heteroatoms. The van der Waals surface area contributed by atoms with Gasteiger partial charge in [-0.2, -0.15) is 10.1 Å². The fourth-order valence-electron chi connectivity index (χ4n) is 3.35. The van der Waals surface area contributed by atoms with E-state index in [4.69, 9.17) is 25.6 Å². The van der Waals surface area contributed by atoms with Crippen molar-refractivity contribution in [2.45, 2.75) is 6.61 Å². The molecule has 30 heavy (non-hydrogen) atoms. The third-order valence-corrected chi connectivity index (χ3v) is 5.14. The maximum absolute atomic E-state index is 11.1. The maximum atomic E-state index is 11.1. The van der Waals surface area contributed by atoms with Crippen molar-refractivity contribution in [3.05, 3.63) is 57.5 Å². The van der Waals surface area contributed by atoms with Crippen LogP contribution in [-0.4, -0.2) is 46.4 Å². The van der Waals surface area contributed by atoms with Gasteiger partial charge < -0.3 is 23.9 Å². The Labute approximate surface area is 175 Å². The van der Waals surface area contributed by atoms with E-state index in [1.54, 1.807) is 6.07 Å². The van der Waals surface area contributed by atoms with Crippen LogP contribution in [0.5, 0.6) is 6.01 Å². The van der Waals surface area contributed by atoms with Gasteiger partial charge in [0.1, 0.15) is 0 Å². The Morgan fingerprint density at radius 2 is 1.93 bits per heavy atom. The van der Waals surface area contributed by atoms with E-state index in [1.165, 1.54) is 6.07 Å². The predicted molar refractivity (Wildman–Crippen MR) is 111 cm³/mol. The molecule has 0 saturated carbocycles. The van der Waals surface area contributed by atoms with Gasteiger partial charge in [-0.1, -0.05) is 23.7 Å². The first-order valence-electron chi connectivity index (χ1n) is 9.45. The Morgan fingerprint density at radius 1 is 1.13 bits per heavy atom. The summed E-state index contributed by atoms with van der Waals surface area (Å²) in [4.78, 5) is 25.4. The van der Waals surface area contributed by atoms with Gasteiger partial charge in [-0.05, 0) is 18.2 Å². The second-order valence-corrected chi connectivity index (χ2v) is 7.25. The van der Waals surface area contributed by atoms with E-state index < -0.39 is 0 Å². The van der Waals surface area contributed by atoms with Gasteiger partial charge in [0, 0.05) is 24.3 Å². The molecule has 0 unspecified atom stereocenters. The summed E-state index contributed by atoms with van der Waals surface area (Å²) >= 11 is 6.48. The Hall–Kier alpha value is -3.30. The highest BCUT2D eigenvalue weighted by Crippen LogP contribution is 2.31. The number of aromatic amines is 2. The van der Waals surface area contributed by atoms with Crippen LogP contribution in [0.4, 0.5) is 5.69 Å². The Morgan fingerprint density at radius 3 is 2.67 bits per heavy atom. The maximum Gasteiger partial charge on any atom is 0.296 e. The van der Waals surface area contributed by atoms with Crippen LogP contribution >= 0.6 is 11.6 Å². The van der Waals surface area contributed by atoms with Crippen LogP contribution in [0.3, 0.4) is 0 Å². The molecule has 4 heterocycles. The number of H-pyrrole nitrogens is 2. The van der Waals surface area contributed by atoms with Crippen LogP contribution in [0.2, 0.25) is 5.02 Å². The van der Waals surface area contributed by atoms with Crippen LogP contribution in [0.25, 0.3) is 22.4 Å². The Kier molecular flexibility index (Phi) is 4.89. The highest BCUT2D eigenvalue weighted by molar-refractivity contribution is 6.33. The van der Waals surface area contributed by atoms with E-state index in [0.717, 1.165) is 37.6 Å². The van der Waals surface area contributed by atoms with Crippen LogP contribution in [0, 0.1) is 0 Å². The monoisotopic (exact) mass is 427 g/mol. The van der Waals surface area contributed by atoms with Crippen molar-refractivity contribution >= 4 is 28.5 Å². The lowest BCUT2D eigenvalue weighted by Crippen LogP contribution is -2.36. The largest absolute Gasteiger partial charge is 0.456 e. The molecule has 2 N–H and O–H groups in total. The first-order chi connectivity index (χ1) is 14.7. The standard InChI is InChI=1S/C20H18ClN5O4/c21-15-10-16-19(24-20(22-16)29-11-14-9-17(27)25-30-14)23-18(15)12-1-3-13(4-2-12)26-5-7-28-8-6-26/h1-4,9-10H,5-8,11H2,(H,25,27)(H,22,23,24). The van der Waals surface area contributed by atoms with Gasteiger partial charge in [0.15, 0.2) is 18.0 Å². The summed E-state index contributed by atoms with van der Waals surface area (Å²) in [7, 11) is 0. The number of ether oxygens (including phenoxy) is 2. The summed E-state index contributed by atoms with van der Waals surface area (Å²) in [5.41, 5.74) is 3.50. The van der Waals surface area contributed by atoms with Crippen LogP contribution in [0.1, 0.15) is 5.76 Å². The molecule has 3 aromatic heterocycles. The Balaban J connectivity index is 1.37. The smallest absolute Gasteiger partial charge is 0.296 e. The van der Waals surface area contributed by atoms with Gasteiger partial charge >= 0.3 is 0 Å². The van der Waals surface area contributed by atoms with E-state index in [1.807, 2.05) is 12.1 Å². The van der Waals surface area contributed by atoms with Crippen molar-refractivity contribution in [2.24, 2.45) is 0 Å². The number of fused-ring (bicyclic) bond motifs is 1. The van der Waals surface area contributed by atoms with Crippen LogP contribution in [-0.2, 0) is 11.3 Å². The molecule has 0 aliphatic carbocycles. The number of anilines is 1. The second kappa shape index (κ2) is 7.85. The van der Waals surface area contributed by atoms with Gasteiger partial charge in [0.05, 0.1) is 35.5 Å². The fourth-order valence-corrected chi connectivity index (χ4v) is 3.61. The lowest BCUT2D eigenvalue weighted by molar-refractivity contribution is 0.122. The van der Waals surface area contributed by atoms with Crippen molar-refractivity contribution in [3.8, 4) is 17.3 Å². The van der Waals surface area contributed by atoms with Gasteiger partial charge in [0.2, 0.25) is 0 Å². The second-order valence-electron chi connectivity index (χ2n) is 6.85. The normalized spacial score (nSPS) is 14.4. The van der Waals surface area contributed by atoms with E-state index in [0.29, 0.717) is 27.6 Å². The minimum Gasteiger partial charge on any atom is -0.456 e. The molecule has 1 aliphatic rings. The van der Waals surface area contributed by atoms with Crippen molar-refractivity contribution in [1.82, 2.24) is 20.1 Å². The van der Waals surface area contributed by atoms with E-state index >= 15 is 0 Å². The van der Waals surface area contributed by atoms with Gasteiger partial charge in [-0.15, -0.1) is 0 Å². The average molecular weight is 428 g/mol. The average Bonchev–Trinajstić information content (AvgIpc) is 3.37. The zero-order valence-electron chi connectivity index (χ0n) is 15.9. The van der Waals surface area contributed by atoms with E-state index in [2.05, 4.69) is 37.1 Å². The third kappa shape index (κ3) is 3.77. The number of halogens is 1. The summed E-state index contributed by atoms with van der Waals surface area (Å²) in [6.45, 7) is 3.30. The number of nitrogens with one attached hydrogen (secondary N) is 2. The minimum atomic E-state index is -0.323. The van der Waals surface area contributed by atoms with E-state index in [-0.39, 0.29) is 18.2 Å². The predicted octanol–water partition coefficient (Wildman–Crippen LogP) is 2.98. The summed E-state index contributed by atoms with van der Waals surface area (Å²) in [6.07, 6.45) is 0. The number of hydrogen-bond acceptors (Lipinski definition) is 7. The molecule has 4 aromatic rings. The SMILES string of the molecule is O=c1cc(COc2nc3nc(-c4ccc(N5CCOCC5)cc4)c(Cl)cc3[nH]2)o[nH]1. The number of aromatic nitrogens is 4. The quantitative estimate of drug-likeness (QED) is 0.503. The molecule has 1 aromatic carbocycles. The zero-order chi connectivity index (χ0) is 20.5. The zero-order valence-corrected chi connectivity index (χ0v) is 16.6. The first-order valence-corrected chi connectivity index (χ1v) is 9.83. The van der Waals surface area contributed by atoms with Gasteiger partial charge in [-0.3, -0.25) is 4.79 Å². The lowest BCUT2D eigenvalue weighted by Gasteiger charge is -2.28. The minimum absolute atomic E-state index is 0.0577. The number of imidazole rings is 1. The van der Waals surface area contributed by atoms with Gasteiger partial charge in [-0.25, -0.2) is 4.98 Å². The third-order valence-electron chi connectivity index (χ3n) is 4.85. The summed E-state index contributed by atoms with van der Waals surface area (Å²) in [5.74, 6) is 0.368. The summed E-state index contributed by atoms with van der Waals surface area (Å²) in [5, 5.41) is 2.72. The molecule has 154 valence electrons. The number of pyridine rings is 1. The van der Waals surface area contributed by atoms with Gasteiger partial charge in [0.25, 0.3) is 11.6 Å². The van der Waals surface area contributed by atoms with Crippen LogP contribution in [0.15, 0.2) is 45.7 Å². The highest BCUT2D eigenvalue weighted by Gasteiger charge is 2.15. The van der Waals surface area contributed by atoms with E-state index in [9.17, 15) is 4.79 Å². The summed E-state index contributed by atoms with van der Waals surface area (Å²) < 4.78 is 15.9.